The molecule has 7 heteroatoms. The van der Waals surface area contributed by atoms with Gasteiger partial charge in [0.15, 0.2) is 0 Å². The number of hydrogen-bond donors (Lipinski definition) is 0. The molecule has 0 atom stereocenters. The van der Waals surface area contributed by atoms with E-state index in [1.54, 1.807) is 0 Å². The van der Waals surface area contributed by atoms with Gasteiger partial charge in [0.05, 0.1) is 9.95 Å². The molecule has 0 aromatic heterocycles. The minimum atomic E-state index is -0.845. The average molecular weight is 310 g/mol. The van der Waals surface area contributed by atoms with E-state index in [4.69, 9.17) is 16.3 Å². The summed E-state index contributed by atoms with van der Waals surface area (Å²) in [5.74, 6) is -1.35. The zero-order valence-corrected chi connectivity index (χ0v) is 11.3. The van der Waals surface area contributed by atoms with Crippen LogP contribution in [0, 0.1) is 15.9 Å². The van der Waals surface area contributed by atoms with Crippen LogP contribution in [-0.4, -0.2) is 10.9 Å². The van der Waals surface area contributed by atoms with Crippen molar-refractivity contribution >= 4 is 23.3 Å². The Morgan fingerprint density at radius 3 is 2.67 bits per heavy atom. The molecule has 0 aliphatic carbocycles. The van der Waals surface area contributed by atoms with Gasteiger partial charge in [-0.3, -0.25) is 10.1 Å². The molecule has 0 spiro atoms. The van der Waals surface area contributed by atoms with Crippen molar-refractivity contribution in [2.75, 3.05) is 0 Å². The molecule has 2 rings (SSSR count). The van der Waals surface area contributed by atoms with Crippen molar-refractivity contribution in [2.24, 2.45) is 0 Å². The number of nitro benzene ring substituents is 1. The first kappa shape index (κ1) is 14.9. The monoisotopic (exact) mass is 309 g/mol. The number of nitro groups is 1. The van der Waals surface area contributed by atoms with Crippen LogP contribution in [0.4, 0.5) is 10.1 Å². The fourth-order valence-electron chi connectivity index (χ4n) is 1.67. The van der Waals surface area contributed by atoms with E-state index in [2.05, 4.69) is 0 Å². The van der Waals surface area contributed by atoms with Crippen molar-refractivity contribution in [3.63, 3.8) is 0 Å². The molecule has 0 fully saturated rings. The van der Waals surface area contributed by atoms with E-state index in [1.165, 1.54) is 36.4 Å². The molecule has 21 heavy (non-hydrogen) atoms. The summed E-state index contributed by atoms with van der Waals surface area (Å²) in [6, 6.07) is 9.11. The number of halogens is 2. The molecule has 5 nitrogen and oxygen atoms in total. The van der Waals surface area contributed by atoms with Gasteiger partial charge in [0.25, 0.3) is 5.69 Å². The Balaban J connectivity index is 2.14. The maximum atomic E-state index is 12.9. The Bertz CT molecular complexity index is 705. The highest BCUT2D eigenvalue weighted by Crippen LogP contribution is 2.21. The summed E-state index contributed by atoms with van der Waals surface area (Å²) in [5.41, 5.74) is -0.0848. The van der Waals surface area contributed by atoms with Gasteiger partial charge in [-0.15, -0.1) is 0 Å². The topological polar surface area (TPSA) is 69.4 Å². The molecule has 0 N–H and O–H groups in total. The number of carbonyl (C=O) groups excluding carboxylic acids is 1. The third-order valence-corrected chi connectivity index (χ3v) is 3.05. The summed E-state index contributed by atoms with van der Waals surface area (Å²) in [6.07, 6.45) is 0. The van der Waals surface area contributed by atoms with Crippen LogP contribution in [0.3, 0.4) is 0 Å². The molecule has 0 radical (unpaired) electrons. The predicted molar refractivity (Wildman–Crippen MR) is 73.6 cm³/mol. The Morgan fingerprint density at radius 2 is 2.00 bits per heavy atom. The summed E-state index contributed by atoms with van der Waals surface area (Å²) < 4.78 is 17.9. The highest BCUT2D eigenvalue weighted by molar-refractivity contribution is 6.31. The van der Waals surface area contributed by atoms with Crippen LogP contribution < -0.4 is 0 Å². The molecule has 0 saturated carbocycles. The summed E-state index contributed by atoms with van der Waals surface area (Å²) in [7, 11) is 0. The van der Waals surface area contributed by atoms with Crippen molar-refractivity contribution < 1.29 is 18.8 Å². The van der Waals surface area contributed by atoms with Crippen LogP contribution in [0.1, 0.15) is 15.9 Å². The minimum Gasteiger partial charge on any atom is -0.457 e. The standard InChI is InChI=1S/C14H9ClFNO4/c15-12-7-10(16)6-5-9(12)8-21-14(18)11-3-1-2-4-13(11)17(19)20/h1-7H,8H2. The molecule has 0 heterocycles. The number of esters is 1. The lowest BCUT2D eigenvalue weighted by Gasteiger charge is -2.07. The number of ether oxygens (including phenoxy) is 1. The van der Waals surface area contributed by atoms with Crippen LogP contribution >= 0.6 is 11.6 Å². The second kappa shape index (κ2) is 6.32. The van der Waals surface area contributed by atoms with Crippen molar-refractivity contribution in [2.45, 2.75) is 6.61 Å². The quantitative estimate of drug-likeness (QED) is 0.490. The van der Waals surface area contributed by atoms with Gasteiger partial charge >= 0.3 is 5.97 Å². The Hall–Kier alpha value is -2.47. The van der Waals surface area contributed by atoms with E-state index in [0.717, 1.165) is 6.07 Å². The lowest BCUT2D eigenvalue weighted by Crippen LogP contribution is -2.08. The molecule has 0 aliphatic heterocycles. The van der Waals surface area contributed by atoms with Gasteiger partial charge < -0.3 is 4.74 Å². The Labute approximate surface area is 124 Å². The predicted octanol–water partition coefficient (Wildman–Crippen LogP) is 3.74. The van der Waals surface area contributed by atoms with Gasteiger partial charge in [-0.25, -0.2) is 9.18 Å². The van der Waals surface area contributed by atoms with Crippen LogP contribution in [0.2, 0.25) is 5.02 Å². The molecular weight excluding hydrogens is 301 g/mol. The van der Waals surface area contributed by atoms with Crippen LogP contribution in [0.5, 0.6) is 0 Å². The fourth-order valence-corrected chi connectivity index (χ4v) is 1.89. The first-order valence-corrected chi connectivity index (χ1v) is 6.21. The first-order valence-electron chi connectivity index (χ1n) is 5.83. The normalized spacial score (nSPS) is 10.2. The number of benzene rings is 2. The molecule has 0 aliphatic rings. The molecule has 0 saturated heterocycles. The maximum absolute atomic E-state index is 12.9. The molecule has 0 bridgehead atoms. The number of para-hydroxylation sites is 1. The Kier molecular flexibility index (Phi) is 4.49. The van der Waals surface area contributed by atoms with Gasteiger partial charge in [-0.1, -0.05) is 29.8 Å². The van der Waals surface area contributed by atoms with Gasteiger partial charge in [-0.2, -0.15) is 0 Å². The SMILES string of the molecule is O=C(OCc1ccc(F)cc1Cl)c1ccccc1[N+](=O)[O-]. The molecule has 108 valence electrons. The fraction of sp³-hybridized carbons (Fsp3) is 0.0714. The smallest absolute Gasteiger partial charge is 0.345 e. The molecule has 2 aromatic carbocycles. The molecule has 0 unspecified atom stereocenters. The second-order valence-corrected chi connectivity index (χ2v) is 4.49. The molecule has 2 aromatic rings. The van der Waals surface area contributed by atoms with Gasteiger partial charge in [0, 0.05) is 11.6 Å². The zero-order valence-electron chi connectivity index (χ0n) is 10.6. The van der Waals surface area contributed by atoms with Crippen LogP contribution in [-0.2, 0) is 11.3 Å². The highest BCUT2D eigenvalue weighted by atomic mass is 35.5. The summed E-state index contributed by atoms with van der Waals surface area (Å²) >= 11 is 5.80. The Morgan fingerprint density at radius 1 is 1.29 bits per heavy atom. The first-order chi connectivity index (χ1) is 9.99. The third kappa shape index (κ3) is 3.55. The van der Waals surface area contributed by atoms with Crippen molar-refractivity contribution in [3.8, 4) is 0 Å². The lowest BCUT2D eigenvalue weighted by molar-refractivity contribution is -0.385. The van der Waals surface area contributed by atoms with Gasteiger partial charge in [-0.05, 0) is 18.2 Å². The van der Waals surface area contributed by atoms with E-state index in [1.807, 2.05) is 0 Å². The minimum absolute atomic E-state index is 0.116. The molecular formula is C14H9ClFNO4. The highest BCUT2D eigenvalue weighted by Gasteiger charge is 2.20. The lowest BCUT2D eigenvalue weighted by atomic mass is 10.2. The van der Waals surface area contributed by atoms with E-state index >= 15 is 0 Å². The van der Waals surface area contributed by atoms with Gasteiger partial charge in [0.2, 0.25) is 0 Å². The third-order valence-electron chi connectivity index (χ3n) is 2.69. The summed E-state index contributed by atoms with van der Waals surface area (Å²) in [6.45, 7) is -0.204. The second-order valence-electron chi connectivity index (χ2n) is 4.09. The van der Waals surface area contributed by atoms with Gasteiger partial charge in [0.1, 0.15) is 18.0 Å². The number of rotatable bonds is 4. The van der Waals surface area contributed by atoms with Crippen molar-refractivity contribution in [1.29, 1.82) is 0 Å². The van der Waals surface area contributed by atoms with E-state index in [9.17, 15) is 19.3 Å². The summed E-state index contributed by atoms with van der Waals surface area (Å²) in [4.78, 5) is 22.0. The van der Waals surface area contributed by atoms with E-state index in [0.29, 0.717) is 5.56 Å². The van der Waals surface area contributed by atoms with Crippen molar-refractivity contribution in [3.05, 3.63) is 74.5 Å². The van der Waals surface area contributed by atoms with Crippen LogP contribution in [0.25, 0.3) is 0 Å². The average Bonchev–Trinajstić information content (AvgIpc) is 2.46. The largest absolute Gasteiger partial charge is 0.457 e. The van der Waals surface area contributed by atoms with Crippen molar-refractivity contribution in [1.82, 2.24) is 0 Å². The number of nitrogens with zero attached hydrogens (tertiary/aromatic N) is 1. The number of hydrogen-bond acceptors (Lipinski definition) is 4. The van der Waals surface area contributed by atoms with E-state index < -0.39 is 16.7 Å². The van der Waals surface area contributed by atoms with Crippen LogP contribution in [0.15, 0.2) is 42.5 Å². The zero-order chi connectivity index (χ0) is 15.4. The summed E-state index contributed by atoms with van der Waals surface area (Å²) in [5, 5.41) is 10.9. The molecule has 0 amide bonds. The maximum Gasteiger partial charge on any atom is 0.345 e. The number of carbonyl (C=O) groups is 1. The van der Waals surface area contributed by atoms with E-state index in [-0.39, 0.29) is 22.9 Å².